The van der Waals surface area contributed by atoms with E-state index in [0.717, 1.165) is 0 Å². The van der Waals surface area contributed by atoms with E-state index in [1.807, 2.05) is 14.0 Å². The number of halogens is 1. The molecule has 0 aliphatic rings. The van der Waals surface area contributed by atoms with Crippen LogP contribution in [-0.2, 0) is 7.05 Å². The minimum Gasteiger partial charge on any atom is -0.332 e. The van der Waals surface area contributed by atoms with E-state index in [9.17, 15) is 4.79 Å². The fraction of sp³-hybridized carbons (Fsp3) is 0.429. The van der Waals surface area contributed by atoms with Crippen LogP contribution in [-0.4, -0.2) is 15.3 Å². The first-order chi connectivity index (χ1) is 4.75. The summed E-state index contributed by atoms with van der Waals surface area (Å²) in [4.78, 5) is 14.9. The molecule has 1 heterocycles. The van der Waals surface area contributed by atoms with Crippen molar-refractivity contribution < 1.29 is 4.79 Å². The Hall–Kier alpha value is -0.830. The highest BCUT2D eigenvalue weighted by atomic mass is 35.5. The minimum atomic E-state index is 0. The van der Waals surface area contributed by atoms with Crippen molar-refractivity contribution in [1.29, 1.82) is 0 Å². The van der Waals surface area contributed by atoms with Gasteiger partial charge < -0.3 is 4.57 Å². The summed E-state index contributed by atoms with van der Waals surface area (Å²) in [5.74, 6) is 0.634. The molecule has 0 atom stereocenters. The molecule has 62 valence electrons. The van der Waals surface area contributed by atoms with Crippen LogP contribution in [0.15, 0.2) is 12.4 Å². The quantitative estimate of drug-likeness (QED) is 0.636. The molecule has 0 aromatic carbocycles. The Bertz CT molecular complexity index is 244. The van der Waals surface area contributed by atoms with Crippen LogP contribution in [0.5, 0.6) is 0 Å². The molecule has 4 heteroatoms. The smallest absolute Gasteiger partial charge is 0.197 e. The lowest BCUT2D eigenvalue weighted by molar-refractivity contribution is 0.0975. The monoisotopic (exact) mass is 174 g/mol. The molecule has 1 rings (SSSR count). The third-order valence-corrected chi connectivity index (χ3v) is 1.39. The predicted molar refractivity (Wildman–Crippen MR) is 45.1 cm³/mol. The van der Waals surface area contributed by atoms with Gasteiger partial charge in [0.05, 0.1) is 0 Å². The van der Waals surface area contributed by atoms with E-state index in [2.05, 4.69) is 4.98 Å². The molecule has 11 heavy (non-hydrogen) atoms. The second-order valence-electron chi connectivity index (χ2n) is 2.14. The summed E-state index contributed by atoms with van der Waals surface area (Å²) in [7, 11) is 1.82. The standard InChI is InChI=1S/C7H10N2O.ClH/c1-3-6(10)7-8-4-5-9(7)2;/h4-5H,3H2,1-2H3;1H. The van der Waals surface area contributed by atoms with Crippen LogP contribution in [0.4, 0.5) is 0 Å². The number of aromatic nitrogens is 2. The molecule has 0 saturated carbocycles. The zero-order valence-corrected chi connectivity index (χ0v) is 7.39. The SMILES string of the molecule is CCC(=O)c1nccn1C.Cl. The van der Waals surface area contributed by atoms with E-state index in [0.29, 0.717) is 12.2 Å². The summed E-state index contributed by atoms with van der Waals surface area (Å²) in [5, 5.41) is 0. The Balaban J connectivity index is 0.000001000. The van der Waals surface area contributed by atoms with E-state index in [1.54, 1.807) is 17.0 Å². The Morgan fingerprint density at radius 1 is 1.73 bits per heavy atom. The molecule has 0 spiro atoms. The van der Waals surface area contributed by atoms with Crippen molar-refractivity contribution in [1.82, 2.24) is 9.55 Å². The van der Waals surface area contributed by atoms with E-state index in [1.165, 1.54) is 0 Å². The van der Waals surface area contributed by atoms with Gasteiger partial charge in [-0.15, -0.1) is 12.4 Å². The Morgan fingerprint density at radius 3 is 2.73 bits per heavy atom. The number of rotatable bonds is 2. The van der Waals surface area contributed by atoms with Crippen LogP contribution in [0.2, 0.25) is 0 Å². The maximum absolute atomic E-state index is 11.0. The number of nitrogens with zero attached hydrogens (tertiary/aromatic N) is 2. The van der Waals surface area contributed by atoms with Crippen molar-refractivity contribution in [2.75, 3.05) is 0 Å². The van der Waals surface area contributed by atoms with Gasteiger partial charge in [-0.3, -0.25) is 4.79 Å². The fourth-order valence-corrected chi connectivity index (χ4v) is 0.792. The van der Waals surface area contributed by atoms with E-state index in [4.69, 9.17) is 0 Å². The summed E-state index contributed by atoms with van der Waals surface area (Å²) < 4.78 is 1.73. The van der Waals surface area contributed by atoms with Crippen LogP contribution < -0.4 is 0 Å². The Labute approximate surface area is 71.8 Å². The third kappa shape index (κ3) is 2.05. The maximum Gasteiger partial charge on any atom is 0.197 e. The lowest BCUT2D eigenvalue weighted by atomic mass is 10.3. The van der Waals surface area contributed by atoms with Crippen LogP contribution in [0.1, 0.15) is 24.0 Å². The van der Waals surface area contributed by atoms with E-state index < -0.39 is 0 Å². The van der Waals surface area contributed by atoms with Crippen LogP contribution in [0, 0.1) is 0 Å². The van der Waals surface area contributed by atoms with Crippen LogP contribution >= 0.6 is 12.4 Å². The predicted octanol–water partition coefficient (Wildman–Crippen LogP) is 1.43. The summed E-state index contributed by atoms with van der Waals surface area (Å²) >= 11 is 0. The van der Waals surface area contributed by atoms with Gasteiger partial charge in [0.2, 0.25) is 0 Å². The second kappa shape index (κ2) is 4.13. The number of hydrogen-bond acceptors (Lipinski definition) is 2. The highest BCUT2D eigenvalue weighted by molar-refractivity contribution is 5.92. The van der Waals surface area contributed by atoms with Crippen LogP contribution in [0.3, 0.4) is 0 Å². The van der Waals surface area contributed by atoms with Crippen molar-refractivity contribution in [3.63, 3.8) is 0 Å². The zero-order valence-electron chi connectivity index (χ0n) is 6.57. The molecule has 0 fully saturated rings. The number of ketones is 1. The molecule has 1 aromatic rings. The third-order valence-electron chi connectivity index (χ3n) is 1.39. The molecule has 3 nitrogen and oxygen atoms in total. The molecular formula is C7H11ClN2O. The van der Waals surface area contributed by atoms with Gasteiger partial charge in [-0.05, 0) is 0 Å². The number of carbonyl (C=O) groups is 1. The molecular weight excluding hydrogens is 164 g/mol. The average molecular weight is 175 g/mol. The van der Waals surface area contributed by atoms with Crippen molar-refractivity contribution >= 4 is 18.2 Å². The molecule has 0 N–H and O–H groups in total. The Morgan fingerprint density at radius 2 is 2.36 bits per heavy atom. The summed E-state index contributed by atoms with van der Waals surface area (Å²) in [5.41, 5.74) is 0. The van der Waals surface area contributed by atoms with E-state index >= 15 is 0 Å². The summed E-state index contributed by atoms with van der Waals surface area (Å²) in [6.45, 7) is 1.83. The van der Waals surface area contributed by atoms with Crippen LogP contribution in [0.25, 0.3) is 0 Å². The molecule has 0 bridgehead atoms. The molecule has 0 unspecified atom stereocenters. The normalized spacial score (nSPS) is 8.91. The average Bonchev–Trinajstić information content (AvgIpc) is 2.34. The highest BCUT2D eigenvalue weighted by Crippen LogP contribution is 1.97. The van der Waals surface area contributed by atoms with Gasteiger partial charge in [-0.25, -0.2) is 4.98 Å². The molecule has 0 aliphatic carbocycles. The summed E-state index contributed by atoms with van der Waals surface area (Å²) in [6.07, 6.45) is 3.91. The zero-order chi connectivity index (χ0) is 7.56. The van der Waals surface area contributed by atoms with Crippen molar-refractivity contribution in [3.8, 4) is 0 Å². The lowest BCUT2D eigenvalue weighted by Gasteiger charge is -1.95. The number of aryl methyl sites for hydroxylation is 1. The van der Waals surface area contributed by atoms with Crippen molar-refractivity contribution in [2.24, 2.45) is 7.05 Å². The van der Waals surface area contributed by atoms with Gasteiger partial charge in [0, 0.05) is 25.9 Å². The van der Waals surface area contributed by atoms with Crippen molar-refractivity contribution in [2.45, 2.75) is 13.3 Å². The fourth-order valence-electron chi connectivity index (χ4n) is 0.792. The first-order valence-corrected chi connectivity index (χ1v) is 3.26. The first kappa shape index (κ1) is 10.2. The maximum atomic E-state index is 11.0. The number of Topliss-reactive ketones (excluding diaryl/α,β-unsaturated/α-hetero) is 1. The van der Waals surface area contributed by atoms with Crippen molar-refractivity contribution in [3.05, 3.63) is 18.2 Å². The molecule has 0 saturated heterocycles. The van der Waals surface area contributed by atoms with Gasteiger partial charge in [0.1, 0.15) is 0 Å². The van der Waals surface area contributed by atoms with Gasteiger partial charge in [-0.1, -0.05) is 6.92 Å². The highest BCUT2D eigenvalue weighted by Gasteiger charge is 2.06. The second-order valence-corrected chi connectivity index (χ2v) is 2.14. The first-order valence-electron chi connectivity index (χ1n) is 3.26. The van der Waals surface area contributed by atoms with E-state index in [-0.39, 0.29) is 18.2 Å². The van der Waals surface area contributed by atoms with Gasteiger partial charge in [-0.2, -0.15) is 0 Å². The van der Waals surface area contributed by atoms with Gasteiger partial charge in [0.15, 0.2) is 11.6 Å². The van der Waals surface area contributed by atoms with Gasteiger partial charge in [0.25, 0.3) is 0 Å². The lowest BCUT2D eigenvalue weighted by Crippen LogP contribution is -2.05. The minimum absolute atomic E-state index is 0. The molecule has 0 amide bonds. The summed E-state index contributed by atoms with van der Waals surface area (Å²) in [6, 6.07) is 0. The van der Waals surface area contributed by atoms with Gasteiger partial charge >= 0.3 is 0 Å². The molecule has 0 aliphatic heterocycles. The Kier molecular flexibility index (Phi) is 3.82. The topological polar surface area (TPSA) is 34.9 Å². The largest absolute Gasteiger partial charge is 0.332 e. The molecule has 1 aromatic heterocycles. The number of hydrogen-bond donors (Lipinski definition) is 0. The number of imidazole rings is 1. The number of carbonyl (C=O) groups excluding carboxylic acids is 1. The molecule has 0 radical (unpaired) electrons.